The number of aromatic nitrogens is 2. The summed E-state index contributed by atoms with van der Waals surface area (Å²) in [5, 5.41) is 8.67. The number of unbranched alkanes of at least 4 members (excludes halogenated alkanes) is 1. The highest BCUT2D eigenvalue weighted by atomic mass is 32.2. The van der Waals surface area contributed by atoms with Gasteiger partial charge >= 0.3 is 0 Å². The van der Waals surface area contributed by atoms with Crippen LogP contribution in [-0.2, 0) is 4.74 Å². The summed E-state index contributed by atoms with van der Waals surface area (Å²) in [5.74, 6) is -0.461. The first-order valence-electron chi connectivity index (χ1n) is 6.83. The predicted octanol–water partition coefficient (Wildman–Crippen LogP) is 1.19. The molecule has 0 unspecified atom stereocenters. The number of hydrogen-bond acceptors (Lipinski definition) is 6. The summed E-state index contributed by atoms with van der Waals surface area (Å²) in [6.07, 6.45) is 3.06. The summed E-state index contributed by atoms with van der Waals surface area (Å²) < 4.78 is 4.96. The maximum Gasteiger partial charge on any atom is 0.272 e. The molecule has 0 aromatic carbocycles. The predicted molar refractivity (Wildman–Crippen MR) is 82.3 cm³/mol. The Balaban J connectivity index is 2.13. The van der Waals surface area contributed by atoms with E-state index < -0.39 is 5.91 Å². The number of hydrogen-bond donors (Lipinski definition) is 2. The van der Waals surface area contributed by atoms with Crippen molar-refractivity contribution in [3.63, 3.8) is 0 Å². The molecule has 118 valence electrons. The van der Waals surface area contributed by atoms with Crippen molar-refractivity contribution in [3.8, 4) is 0 Å². The lowest BCUT2D eigenvalue weighted by molar-refractivity contribution is 0.0945. The number of aromatic amines is 1. The second kappa shape index (κ2) is 7.37. The van der Waals surface area contributed by atoms with Gasteiger partial charge in [-0.1, -0.05) is 0 Å². The number of H-pyrrole nitrogens is 1. The van der Waals surface area contributed by atoms with E-state index in [1.54, 1.807) is 7.11 Å². The third-order valence-electron chi connectivity index (χ3n) is 3.17. The van der Waals surface area contributed by atoms with Gasteiger partial charge in [0, 0.05) is 26.8 Å². The summed E-state index contributed by atoms with van der Waals surface area (Å²) in [5.41, 5.74) is 0.0972. The standard InChI is InChI=1S/C14H17N3O4S/c1-15-14(20)12-10-11(16-17-12)8(18)7-9(13(10)19)22-6-4-3-5-21-2/h7H,3-6H2,1-2H3,(H,15,20)(H,16,17). The van der Waals surface area contributed by atoms with Crippen LogP contribution in [-0.4, -0.2) is 54.2 Å². The van der Waals surface area contributed by atoms with E-state index in [-0.39, 0.29) is 28.5 Å². The Morgan fingerprint density at radius 1 is 1.41 bits per heavy atom. The van der Waals surface area contributed by atoms with Crippen LogP contribution < -0.4 is 5.32 Å². The lowest BCUT2D eigenvalue weighted by Gasteiger charge is -2.11. The molecule has 8 heteroatoms. The molecule has 2 rings (SSSR count). The first-order valence-corrected chi connectivity index (χ1v) is 7.81. The van der Waals surface area contributed by atoms with Crippen LogP contribution >= 0.6 is 11.8 Å². The molecule has 22 heavy (non-hydrogen) atoms. The Hall–Kier alpha value is -1.93. The highest BCUT2D eigenvalue weighted by Crippen LogP contribution is 2.29. The van der Waals surface area contributed by atoms with Gasteiger partial charge in [-0.3, -0.25) is 19.5 Å². The molecule has 0 spiro atoms. The molecule has 0 aliphatic heterocycles. The molecule has 7 nitrogen and oxygen atoms in total. The second-order valence-corrected chi connectivity index (χ2v) is 5.79. The van der Waals surface area contributed by atoms with Gasteiger partial charge in [-0.2, -0.15) is 5.10 Å². The van der Waals surface area contributed by atoms with Crippen LogP contribution in [0, 0.1) is 0 Å². The molecule has 1 aliphatic carbocycles. The Morgan fingerprint density at radius 2 is 2.18 bits per heavy atom. The zero-order valence-electron chi connectivity index (χ0n) is 12.4. The number of thioether (sulfide) groups is 1. The number of allylic oxidation sites excluding steroid dienone is 2. The molecule has 0 fully saturated rings. The fourth-order valence-electron chi connectivity index (χ4n) is 2.04. The Bertz CT molecular complexity index is 636. The normalized spacial score (nSPS) is 13.8. The van der Waals surface area contributed by atoms with Crippen molar-refractivity contribution in [2.75, 3.05) is 26.5 Å². The molecule has 1 aliphatic rings. The fraction of sp³-hybridized carbons (Fsp3) is 0.429. The van der Waals surface area contributed by atoms with Gasteiger partial charge in [0.2, 0.25) is 11.6 Å². The smallest absolute Gasteiger partial charge is 0.272 e. The molecule has 2 N–H and O–H groups in total. The number of Topliss-reactive ketones (excluding diaryl/α,β-unsaturated/α-hetero) is 1. The third-order valence-corrected chi connectivity index (χ3v) is 4.28. The topological polar surface area (TPSA) is 101 Å². The van der Waals surface area contributed by atoms with Crippen LogP contribution in [0.15, 0.2) is 11.0 Å². The molecule has 0 saturated carbocycles. The summed E-state index contributed by atoms with van der Waals surface area (Å²) in [6.45, 7) is 0.666. The highest BCUT2D eigenvalue weighted by molar-refractivity contribution is 8.04. The van der Waals surface area contributed by atoms with Crippen LogP contribution in [0.3, 0.4) is 0 Å². The maximum absolute atomic E-state index is 12.5. The van der Waals surface area contributed by atoms with Crippen molar-refractivity contribution in [1.29, 1.82) is 0 Å². The molecule has 0 atom stereocenters. The summed E-state index contributed by atoms with van der Waals surface area (Å²) in [4.78, 5) is 36.6. The van der Waals surface area contributed by atoms with E-state index in [0.29, 0.717) is 17.3 Å². The van der Waals surface area contributed by atoms with Gasteiger partial charge in [-0.25, -0.2) is 0 Å². The molecule has 1 heterocycles. The molecule has 1 aromatic rings. The molecule has 1 aromatic heterocycles. The number of ketones is 2. The number of carbonyl (C=O) groups is 3. The number of carbonyl (C=O) groups excluding carboxylic acids is 3. The van der Waals surface area contributed by atoms with Gasteiger partial charge in [0.05, 0.1) is 10.5 Å². The van der Waals surface area contributed by atoms with Crippen LogP contribution in [0.5, 0.6) is 0 Å². The van der Waals surface area contributed by atoms with E-state index in [1.807, 2.05) is 0 Å². The Morgan fingerprint density at radius 3 is 2.86 bits per heavy atom. The van der Waals surface area contributed by atoms with Crippen molar-refractivity contribution in [2.45, 2.75) is 12.8 Å². The van der Waals surface area contributed by atoms with Crippen molar-refractivity contribution >= 4 is 29.2 Å². The van der Waals surface area contributed by atoms with E-state index >= 15 is 0 Å². The van der Waals surface area contributed by atoms with Crippen LogP contribution in [0.4, 0.5) is 0 Å². The molecular formula is C14H17N3O4S. The number of ether oxygens (including phenoxy) is 1. The number of fused-ring (bicyclic) bond motifs is 1. The van der Waals surface area contributed by atoms with Gasteiger partial charge in [0.1, 0.15) is 5.69 Å². The molecular weight excluding hydrogens is 306 g/mol. The monoisotopic (exact) mass is 323 g/mol. The third kappa shape index (κ3) is 3.28. The number of rotatable bonds is 7. The summed E-state index contributed by atoms with van der Waals surface area (Å²) >= 11 is 1.32. The SMILES string of the molecule is CNC(=O)c1n[nH]c2c1C(=O)C(SCCCCOC)=CC2=O. The second-order valence-electron chi connectivity index (χ2n) is 4.65. The fourth-order valence-corrected chi connectivity index (χ4v) is 3.03. The Labute approximate surface area is 131 Å². The minimum atomic E-state index is -0.495. The molecule has 0 radical (unpaired) electrons. The average Bonchev–Trinajstić information content (AvgIpc) is 2.96. The van der Waals surface area contributed by atoms with E-state index in [0.717, 1.165) is 12.8 Å². The van der Waals surface area contributed by atoms with Gasteiger partial charge in [-0.05, 0) is 18.6 Å². The first kappa shape index (κ1) is 16.4. The van der Waals surface area contributed by atoms with Gasteiger partial charge in [0.25, 0.3) is 5.91 Å². The van der Waals surface area contributed by atoms with Gasteiger partial charge in [-0.15, -0.1) is 11.8 Å². The van der Waals surface area contributed by atoms with Crippen LogP contribution in [0.1, 0.15) is 44.2 Å². The number of nitrogens with zero attached hydrogens (tertiary/aromatic N) is 1. The zero-order chi connectivity index (χ0) is 16.1. The highest BCUT2D eigenvalue weighted by Gasteiger charge is 2.33. The van der Waals surface area contributed by atoms with Crippen molar-refractivity contribution < 1.29 is 19.1 Å². The quantitative estimate of drug-likeness (QED) is 0.731. The number of amides is 1. The maximum atomic E-state index is 12.5. The molecule has 1 amide bonds. The van der Waals surface area contributed by atoms with Crippen LogP contribution in [0.2, 0.25) is 0 Å². The zero-order valence-corrected chi connectivity index (χ0v) is 13.2. The lowest BCUT2D eigenvalue weighted by Crippen LogP contribution is -2.23. The minimum Gasteiger partial charge on any atom is -0.385 e. The molecule has 0 saturated heterocycles. The number of methoxy groups -OCH3 is 1. The summed E-state index contributed by atoms with van der Waals surface area (Å²) in [6, 6.07) is 0. The largest absolute Gasteiger partial charge is 0.385 e. The summed E-state index contributed by atoms with van der Waals surface area (Å²) in [7, 11) is 3.08. The van der Waals surface area contributed by atoms with Crippen molar-refractivity contribution in [1.82, 2.24) is 15.5 Å². The number of nitrogens with one attached hydrogen (secondary N) is 2. The Kier molecular flexibility index (Phi) is 5.51. The van der Waals surface area contributed by atoms with Crippen molar-refractivity contribution in [2.24, 2.45) is 0 Å². The van der Waals surface area contributed by atoms with E-state index in [9.17, 15) is 14.4 Å². The van der Waals surface area contributed by atoms with E-state index in [4.69, 9.17) is 4.74 Å². The molecule has 0 bridgehead atoms. The lowest BCUT2D eigenvalue weighted by atomic mass is 9.99. The first-order chi connectivity index (χ1) is 10.6. The van der Waals surface area contributed by atoms with Crippen molar-refractivity contribution in [3.05, 3.63) is 27.9 Å². The average molecular weight is 323 g/mol. The van der Waals surface area contributed by atoms with E-state index in [2.05, 4.69) is 15.5 Å². The van der Waals surface area contributed by atoms with E-state index in [1.165, 1.54) is 24.9 Å². The van der Waals surface area contributed by atoms with Gasteiger partial charge in [0.15, 0.2) is 5.69 Å². The van der Waals surface area contributed by atoms with Crippen LogP contribution in [0.25, 0.3) is 0 Å². The van der Waals surface area contributed by atoms with Gasteiger partial charge < -0.3 is 10.1 Å². The minimum absolute atomic E-state index is 0.0403.